The van der Waals surface area contributed by atoms with Gasteiger partial charge in [-0.05, 0) is 18.6 Å². The molecule has 0 radical (unpaired) electrons. The van der Waals surface area contributed by atoms with Crippen LogP contribution in [0.5, 0.6) is 0 Å². The number of aromatic nitrogens is 1. The summed E-state index contributed by atoms with van der Waals surface area (Å²) in [6.07, 6.45) is 1.98. The molecule has 0 aromatic carbocycles. The molecule has 2 rings (SSSR count). The number of likely N-dealkylation sites (tertiary alicyclic amines) is 1. The van der Waals surface area contributed by atoms with Gasteiger partial charge in [-0.1, -0.05) is 0 Å². The minimum Gasteiger partial charge on any atom is -0.478 e. The molecule has 2 heterocycles. The molecule has 1 aromatic rings. The van der Waals surface area contributed by atoms with Crippen molar-refractivity contribution in [3.05, 3.63) is 29.6 Å². The summed E-state index contributed by atoms with van der Waals surface area (Å²) in [7, 11) is 0. The number of nitrogens with zero attached hydrogens (tertiary/aromatic N) is 2. The highest BCUT2D eigenvalue weighted by atomic mass is 16.4. The van der Waals surface area contributed by atoms with Crippen LogP contribution < -0.4 is 5.73 Å². The Kier molecular flexibility index (Phi) is 3.06. The van der Waals surface area contributed by atoms with E-state index >= 15 is 0 Å². The van der Waals surface area contributed by atoms with Gasteiger partial charge in [0, 0.05) is 25.3 Å². The average molecular weight is 235 g/mol. The molecule has 1 aromatic heterocycles. The lowest BCUT2D eigenvalue weighted by molar-refractivity contribution is 0.0694. The number of nitrogens with two attached hydrogens (primary N) is 1. The van der Waals surface area contributed by atoms with Gasteiger partial charge in [-0.15, -0.1) is 0 Å². The highest BCUT2D eigenvalue weighted by molar-refractivity contribution is 5.94. The van der Waals surface area contributed by atoms with E-state index in [1.807, 2.05) is 0 Å². The quantitative estimate of drug-likeness (QED) is 0.749. The second-order valence-corrected chi connectivity index (χ2v) is 4.04. The van der Waals surface area contributed by atoms with Crippen LogP contribution in [0, 0.1) is 0 Å². The van der Waals surface area contributed by atoms with Gasteiger partial charge in [-0.2, -0.15) is 0 Å². The molecular weight excluding hydrogens is 222 g/mol. The number of hydrogen-bond donors (Lipinski definition) is 2. The van der Waals surface area contributed by atoms with Crippen LogP contribution in [0.1, 0.15) is 27.3 Å². The number of carbonyl (C=O) groups is 2. The molecule has 3 N–H and O–H groups in total. The van der Waals surface area contributed by atoms with E-state index in [4.69, 9.17) is 10.8 Å². The Morgan fingerprint density at radius 3 is 2.71 bits per heavy atom. The van der Waals surface area contributed by atoms with E-state index in [1.54, 1.807) is 4.90 Å². The van der Waals surface area contributed by atoms with E-state index in [0.29, 0.717) is 13.1 Å². The molecular formula is C11H13N3O3. The van der Waals surface area contributed by atoms with E-state index < -0.39 is 5.97 Å². The molecule has 0 saturated carbocycles. The van der Waals surface area contributed by atoms with Crippen molar-refractivity contribution < 1.29 is 14.7 Å². The summed E-state index contributed by atoms with van der Waals surface area (Å²) in [5.74, 6) is -1.26. The van der Waals surface area contributed by atoms with Gasteiger partial charge in [0.2, 0.25) is 0 Å². The van der Waals surface area contributed by atoms with E-state index in [-0.39, 0.29) is 23.2 Å². The Hall–Kier alpha value is -1.95. The van der Waals surface area contributed by atoms with Crippen molar-refractivity contribution in [1.29, 1.82) is 0 Å². The van der Waals surface area contributed by atoms with Gasteiger partial charge in [0.1, 0.15) is 5.69 Å². The molecule has 1 unspecified atom stereocenters. The molecule has 6 nitrogen and oxygen atoms in total. The third kappa shape index (κ3) is 2.42. The molecule has 0 spiro atoms. The minimum absolute atomic E-state index is 0.0252. The zero-order valence-corrected chi connectivity index (χ0v) is 9.17. The zero-order chi connectivity index (χ0) is 12.4. The van der Waals surface area contributed by atoms with Crippen molar-refractivity contribution in [3.63, 3.8) is 0 Å². The fraction of sp³-hybridized carbons (Fsp3) is 0.364. The Labute approximate surface area is 98.1 Å². The van der Waals surface area contributed by atoms with E-state index in [2.05, 4.69) is 4.98 Å². The fourth-order valence-electron chi connectivity index (χ4n) is 1.78. The molecule has 17 heavy (non-hydrogen) atoms. The second-order valence-electron chi connectivity index (χ2n) is 4.04. The van der Waals surface area contributed by atoms with Crippen molar-refractivity contribution >= 4 is 11.9 Å². The SMILES string of the molecule is NC1CCN(C(=O)c2ccc(C(=O)O)cn2)C1. The molecule has 1 aliphatic rings. The lowest BCUT2D eigenvalue weighted by atomic mass is 10.2. The number of carboxylic acids is 1. The molecule has 6 heteroatoms. The predicted molar refractivity (Wildman–Crippen MR) is 59.7 cm³/mol. The number of pyridine rings is 1. The normalized spacial score (nSPS) is 19.4. The van der Waals surface area contributed by atoms with Gasteiger partial charge >= 0.3 is 5.97 Å². The standard InChI is InChI=1S/C11H13N3O3/c12-8-3-4-14(6-8)10(15)9-2-1-7(5-13-9)11(16)17/h1-2,5,8H,3-4,6,12H2,(H,16,17). The Balaban J connectivity index is 2.12. The summed E-state index contributed by atoms with van der Waals surface area (Å²) in [6, 6.07) is 2.83. The molecule has 1 amide bonds. The van der Waals surface area contributed by atoms with E-state index in [0.717, 1.165) is 6.42 Å². The van der Waals surface area contributed by atoms with E-state index in [9.17, 15) is 9.59 Å². The molecule has 90 valence electrons. The number of carboxylic acid groups (broad SMARTS) is 1. The molecule has 1 atom stereocenters. The third-order valence-corrected chi connectivity index (χ3v) is 2.74. The summed E-state index contributed by atoms with van der Waals surface area (Å²) >= 11 is 0. The first kappa shape index (κ1) is 11.5. The van der Waals surface area contributed by atoms with Crippen molar-refractivity contribution in [2.24, 2.45) is 5.73 Å². The zero-order valence-electron chi connectivity index (χ0n) is 9.17. The van der Waals surface area contributed by atoms with Crippen LogP contribution in [0.2, 0.25) is 0 Å². The van der Waals surface area contributed by atoms with Crippen LogP contribution in [0.25, 0.3) is 0 Å². The van der Waals surface area contributed by atoms with Gasteiger partial charge in [0.25, 0.3) is 5.91 Å². The van der Waals surface area contributed by atoms with Crippen LogP contribution in [0.4, 0.5) is 0 Å². The van der Waals surface area contributed by atoms with Crippen LogP contribution >= 0.6 is 0 Å². The summed E-state index contributed by atoms with van der Waals surface area (Å²) in [6.45, 7) is 1.16. The average Bonchev–Trinajstić information content (AvgIpc) is 2.75. The highest BCUT2D eigenvalue weighted by Gasteiger charge is 2.25. The van der Waals surface area contributed by atoms with Crippen LogP contribution in [0.15, 0.2) is 18.3 Å². The molecule has 1 aliphatic heterocycles. The second kappa shape index (κ2) is 4.50. The minimum atomic E-state index is -1.06. The maximum atomic E-state index is 11.9. The van der Waals surface area contributed by atoms with Crippen LogP contribution in [-0.4, -0.2) is 46.0 Å². The number of carbonyl (C=O) groups excluding carboxylic acids is 1. The largest absolute Gasteiger partial charge is 0.478 e. The summed E-state index contributed by atoms with van der Waals surface area (Å²) < 4.78 is 0. The van der Waals surface area contributed by atoms with Crippen molar-refractivity contribution in [2.45, 2.75) is 12.5 Å². The maximum Gasteiger partial charge on any atom is 0.337 e. The van der Waals surface area contributed by atoms with Gasteiger partial charge in [-0.3, -0.25) is 9.78 Å². The Morgan fingerprint density at radius 1 is 1.47 bits per heavy atom. The van der Waals surface area contributed by atoms with Crippen LogP contribution in [0.3, 0.4) is 0 Å². The van der Waals surface area contributed by atoms with Gasteiger partial charge in [0.05, 0.1) is 5.56 Å². The number of hydrogen-bond acceptors (Lipinski definition) is 4. The lowest BCUT2D eigenvalue weighted by Gasteiger charge is -2.14. The first-order valence-corrected chi connectivity index (χ1v) is 5.32. The topological polar surface area (TPSA) is 96.5 Å². The number of aromatic carboxylic acids is 1. The van der Waals surface area contributed by atoms with Gasteiger partial charge in [0.15, 0.2) is 0 Å². The monoisotopic (exact) mass is 235 g/mol. The molecule has 0 aliphatic carbocycles. The number of rotatable bonds is 2. The lowest BCUT2D eigenvalue weighted by Crippen LogP contribution is -2.32. The third-order valence-electron chi connectivity index (χ3n) is 2.74. The Bertz CT molecular complexity index is 444. The van der Waals surface area contributed by atoms with Crippen molar-refractivity contribution in [2.75, 3.05) is 13.1 Å². The summed E-state index contributed by atoms with van der Waals surface area (Å²) in [5, 5.41) is 8.71. The molecule has 1 fully saturated rings. The highest BCUT2D eigenvalue weighted by Crippen LogP contribution is 2.11. The number of amides is 1. The predicted octanol–water partition coefficient (Wildman–Crippen LogP) is -0.0470. The molecule has 0 bridgehead atoms. The summed E-state index contributed by atoms with van der Waals surface area (Å²) in [5.41, 5.74) is 6.04. The molecule has 1 saturated heterocycles. The Morgan fingerprint density at radius 2 is 2.24 bits per heavy atom. The fourth-order valence-corrected chi connectivity index (χ4v) is 1.78. The van der Waals surface area contributed by atoms with Crippen molar-refractivity contribution in [1.82, 2.24) is 9.88 Å². The van der Waals surface area contributed by atoms with E-state index in [1.165, 1.54) is 18.3 Å². The first-order valence-electron chi connectivity index (χ1n) is 5.32. The van der Waals surface area contributed by atoms with Crippen LogP contribution in [-0.2, 0) is 0 Å². The van der Waals surface area contributed by atoms with Gasteiger partial charge < -0.3 is 15.7 Å². The smallest absolute Gasteiger partial charge is 0.337 e. The summed E-state index contributed by atoms with van der Waals surface area (Å²) in [4.78, 5) is 28.1. The van der Waals surface area contributed by atoms with Gasteiger partial charge in [-0.25, -0.2) is 4.79 Å². The maximum absolute atomic E-state index is 11.9. The first-order chi connectivity index (χ1) is 8.08. The van der Waals surface area contributed by atoms with Crippen molar-refractivity contribution in [3.8, 4) is 0 Å².